The van der Waals surface area contributed by atoms with Gasteiger partial charge in [0.05, 0.1) is 24.7 Å². The van der Waals surface area contributed by atoms with E-state index in [1.807, 2.05) is 12.1 Å². The second-order valence-corrected chi connectivity index (χ2v) is 6.91. The van der Waals surface area contributed by atoms with E-state index in [1.165, 1.54) is 10.6 Å². The summed E-state index contributed by atoms with van der Waals surface area (Å²) in [5, 5.41) is 21.1. The molecule has 1 heterocycles. The molecule has 0 aliphatic carbocycles. The van der Waals surface area contributed by atoms with Crippen LogP contribution >= 0.6 is 0 Å². The fraction of sp³-hybridized carbons (Fsp3) is 0.538. The average Bonchev–Trinajstić information content (AvgIpc) is 2.42. The summed E-state index contributed by atoms with van der Waals surface area (Å²) in [4.78, 5) is 0. The van der Waals surface area contributed by atoms with Crippen LogP contribution in [0.1, 0.15) is 12.0 Å². The SMILES string of the molecule is CS(=O)(=O)N1CCCc2ccc(NCC(O)CO)cc21. The van der Waals surface area contributed by atoms with Gasteiger partial charge in [-0.05, 0) is 30.5 Å². The van der Waals surface area contributed by atoms with E-state index in [0.29, 0.717) is 12.2 Å². The van der Waals surface area contributed by atoms with E-state index < -0.39 is 16.1 Å². The van der Waals surface area contributed by atoms with Crippen molar-refractivity contribution in [1.29, 1.82) is 0 Å². The molecular weight excluding hydrogens is 280 g/mol. The number of benzene rings is 1. The minimum Gasteiger partial charge on any atom is -0.394 e. The van der Waals surface area contributed by atoms with E-state index >= 15 is 0 Å². The summed E-state index contributed by atoms with van der Waals surface area (Å²) < 4.78 is 25.0. The summed E-state index contributed by atoms with van der Waals surface area (Å²) in [7, 11) is -3.28. The van der Waals surface area contributed by atoms with Crippen molar-refractivity contribution < 1.29 is 18.6 Å². The van der Waals surface area contributed by atoms with Crippen molar-refractivity contribution >= 4 is 21.4 Å². The lowest BCUT2D eigenvalue weighted by molar-refractivity contribution is 0.105. The zero-order valence-electron chi connectivity index (χ0n) is 11.4. The Morgan fingerprint density at radius 2 is 2.20 bits per heavy atom. The van der Waals surface area contributed by atoms with Gasteiger partial charge in [0.1, 0.15) is 0 Å². The maximum absolute atomic E-state index is 11.8. The van der Waals surface area contributed by atoms with Gasteiger partial charge in [-0.3, -0.25) is 4.31 Å². The van der Waals surface area contributed by atoms with Crippen molar-refractivity contribution in [3.8, 4) is 0 Å². The highest BCUT2D eigenvalue weighted by molar-refractivity contribution is 7.92. The molecule has 2 rings (SSSR count). The van der Waals surface area contributed by atoms with E-state index in [4.69, 9.17) is 5.11 Å². The van der Waals surface area contributed by atoms with E-state index in [-0.39, 0.29) is 13.2 Å². The fourth-order valence-corrected chi connectivity index (χ4v) is 3.28. The first-order chi connectivity index (χ1) is 9.41. The first-order valence-corrected chi connectivity index (χ1v) is 8.40. The number of rotatable bonds is 5. The topological polar surface area (TPSA) is 89.9 Å². The van der Waals surface area contributed by atoms with Crippen LogP contribution in [0.5, 0.6) is 0 Å². The average molecular weight is 300 g/mol. The molecule has 20 heavy (non-hydrogen) atoms. The number of aryl methyl sites for hydroxylation is 1. The van der Waals surface area contributed by atoms with Crippen LogP contribution in [-0.2, 0) is 16.4 Å². The summed E-state index contributed by atoms with van der Waals surface area (Å²) in [6.45, 7) is 0.399. The first kappa shape index (κ1) is 15.1. The van der Waals surface area contributed by atoms with Crippen molar-refractivity contribution in [2.45, 2.75) is 18.9 Å². The van der Waals surface area contributed by atoms with Crippen LogP contribution < -0.4 is 9.62 Å². The molecule has 0 bridgehead atoms. The summed E-state index contributed by atoms with van der Waals surface area (Å²) in [5.74, 6) is 0. The maximum atomic E-state index is 11.8. The largest absolute Gasteiger partial charge is 0.394 e. The normalized spacial score (nSPS) is 16.6. The molecule has 7 heteroatoms. The van der Waals surface area contributed by atoms with E-state index in [1.54, 1.807) is 6.07 Å². The third-order valence-corrected chi connectivity index (χ3v) is 4.49. The summed E-state index contributed by atoms with van der Waals surface area (Å²) in [6, 6.07) is 5.54. The molecule has 112 valence electrons. The number of fused-ring (bicyclic) bond motifs is 1. The van der Waals surface area contributed by atoms with Crippen LogP contribution in [0.15, 0.2) is 18.2 Å². The lowest BCUT2D eigenvalue weighted by Crippen LogP contribution is -2.34. The minimum atomic E-state index is -3.28. The lowest BCUT2D eigenvalue weighted by Gasteiger charge is -2.29. The molecule has 1 aromatic carbocycles. The standard InChI is InChI=1S/C13H20N2O4S/c1-20(18,19)15-6-2-3-10-4-5-11(7-13(10)15)14-8-12(17)9-16/h4-5,7,12,14,16-17H,2-3,6,8-9H2,1H3. The number of sulfonamides is 1. The highest BCUT2D eigenvalue weighted by Gasteiger charge is 2.24. The van der Waals surface area contributed by atoms with Gasteiger partial charge in [0.15, 0.2) is 0 Å². The second-order valence-electron chi connectivity index (χ2n) is 5.00. The van der Waals surface area contributed by atoms with Crippen molar-refractivity contribution in [3.63, 3.8) is 0 Å². The molecule has 1 atom stereocenters. The Bertz CT molecular complexity index is 574. The summed E-state index contributed by atoms with van der Waals surface area (Å²) in [5.41, 5.74) is 2.43. The molecule has 1 aliphatic rings. The Kier molecular flexibility index (Phi) is 4.52. The number of hydrogen-bond donors (Lipinski definition) is 3. The van der Waals surface area contributed by atoms with Gasteiger partial charge in [-0.25, -0.2) is 8.42 Å². The molecule has 0 saturated carbocycles. The molecule has 0 radical (unpaired) electrons. The van der Waals surface area contributed by atoms with Gasteiger partial charge in [0.25, 0.3) is 0 Å². The highest BCUT2D eigenvalue weighted by atomic mass is 32.2. The first-order valence-electron chi connectivity index (χ1n) is 6.55. The zero-order chi connectivity index (χ0) is 14.8. The van der Waals surface area contributed by atoms with Crippen LogP contribution in [0, 0.1) is 0 Å². The molecule has 0 fully saturated rings. The van der Waals surface area contributed by atoms with Crippen LogP contribution in [0.3, 0.4) is 0 Å². The van der Waals surface area contributed by atoms with Gasteiger partial charge in [0.2, 0.25) is 10.0 Å². The van der Waals surface area contributed by atoms with Crippen LogP contribution in [-0.4, -0.2) is 50.7 Å². The van der Waals surface area contributed by atoms with Gasteiger partial charge in [0, 0.05) is 18.8 Å². The minimum absolute atomic E-state index is 0.216. The Hall–Kier alpha value is -1.31. The van der Waals surface area contributed by atoms with E-state index in [9.17, 15) is 13.5 Å². The van der Waals surface area contributed by atoms with Crippen molar-refractivity contribution in [2.75, 3.05) is 35.6 Å². The predicted molar refractivity (Wildman–Crippen MR) is 78.5 cm³/mol. The van der Waals surface area contributed by atoms with Gasteiger partial charge < -0.3 is 15.5 Å². The zero-order valence-corrected chi connectivity index (χ0v) is 12.2. The highest BCUT2D eigenvalue weighted by Crippen LogP contribution is 2.31. The number of aliphatic hydroxyl groups excluding tert-OH is 2. The summed E-state index contributed by atoms with van der Waals surface area (Å²) >= 11 is 0. The van der Waals surface area contributed by atoms with Gasteiger partial charge in [-0.1, -0.05) is 6.07 Å². The molecule has 6 nitrogen and oxygen atoms in total. The molecule has 0 amide bonds. The smallest absolute Gasteiger partial charge is 0.232 e. The van der Waals surface area contributed by atoms with Crippen LogP contribution in [0.4, 0.5) is 11.4 Å². The number of hydrogen-bond acceptors (Lipinski definition) is 5. The second kappa shape index (κ2) is 5.99. The fourth-order valence-electron chi connectivity index (χ4n) is 2.30. The lowest BCUT2D eigenvalue weighted by atomic mass is 10.0. The molecule has 0 saturated heterocycles. The molecule has 1 unspecified atom stereocenters. The Labute approximate surface area is 119 Å². The van der Waals surface area contributed by atoms with Crippen molar-refractivity contribution in [2.24, 2.45) is 0 Å². The molecule has 3 N–H and O–H groups in total. The third kappa shape index (κ3) is 3.41. The van der Waals surface area contributed by atoms with Gasteiger partial charge in [-0.2, -0.15) is 0 Å². The molecular formula is C13H20N2O4S. The van der Waals surface area contributed by atoms with Crippen molar-refractivity contribution in [3.05, 3.63) is 23.8 Å². The molecule has 0 aromatic heterocycles. The molecule has 0 spiro atoms. The Morgan fingerprint density at radius 1 is 1.45 bits per heavy atom. The van der Waals surface area contributed by atoms with E-state index in [0.717, 1.165) is 24.1 Å². The van der Waals surface area contributed by atoms with Crippen LogP contribution in [0.25, 0.3) is 0 Å². The Balaban J connectivity index is 2.24. The number of nitrogens with zero attached hydrogens (tertiary/aromatic N) is 1. The third-order valence-electron chi connectivity index (χ3n) is 3.31. The van der Waals surface area contributed by atoms with Crippen LogP contribution in [0.2, 0.25) is 0 Å². The summed E-state index contributed by atoms with van der Waals surface area (Å²) in [6.07, 6.45) is 2.05. The molecule has 1 aromatic rings. The number of nitrogens with one attached hydrogen (secondary N) is 1. The van der Waals surface area contributed by atoms with Crippen molar-refractivity contribution in [1.82, 2.24) is 0 Å². The monoisotopic (exact) mass is 300 g/mol. The Morgan fingerprint density at radius 3 is 2.85 bits per heavy atom. The number of anilines is 2. The quantitative estimate of drug-likeness (QED) is 0.721. The van der Waals surface area contributed by atoms with Gasteiger partial charge in [-0.15, -0.1) is 0 Å². The van der Waals surface area contributed by atoms with E-state index in [2.05, 4.69) is 5.32 Å². The molecule has 1 aliphatic heterocycles. The maximum Gasteiger partial charge on any atom is 0.232 e. The van der Waals surface area contributed by atoms with Gasteiger partial charge >= 0.3 is 0 Å². The number of aliphatic hydroxyl groups is 2. The predicted octanol–water partition coefficient (Wildman–Crippen LogP) is 0.164.